The van der Waals surface area contributed by atoms with Crippen LogP contribution in [0.4, 0.5) is 0 Å². The summed E-state index contributed by atoms with van der Waals surface area (Å²) in [6.45, 7) is 6.40. The molecule has 1 amide bonds. The van der Waals surface area contributed by atoms with Crippen LogP contribution in [-0.4, -0.2) is 35.1 Å². The summed E-state index contributed by atoms with van der Waals surface area (Å²) in [6, 6.07) is 0. The van der Waals surface area contributed by atoms with Crippen LogP contribution in [0.2, 0.25) is 0 Å². The van der Waals surface area contributed by atoms with Gasteiger partial charge in [-0.1, -0.05) is 13.8 Å². The summed E-state index contributed by atoms with van der Waals surface area (Å²) in [5, 5.41) is 9.49. The molecular weight excluding hydrogens is 214 g/mol. The van der Waals surface area contributed by atoms with Crippen molar-refractivity contribution in [2.45, 2.75) is 52.1 Å². The summed E-state index contributed by atoms with van der Waals surface area (Å²) < 4.78 is 0. The Hall–Kier alpha value is -0.570. The lowest BCUT2D eigenvalue weighted by molar-refractivity contribution is -0.137. The number of piperidine rings is 1. The van der Waals surface area contributed by atoms with Gasteiger partial charge in [-0.3, -0.25) is 4.79 Å². The SMILES string of the molecule is CC(C)C1CCN(C(=O)[C@@H]2CC[C@@H](O)C2)CC1. The summed E-state index contributed by atoms with van der Waals surface area (Å²) in [4.78, 5) is 14.3. The number of amides is 1. The van der Waals surface area contributed by atoms with Crippen molar-refractivity contribution in [3.05, 3.63) is 0 Å². The number of nitrogens with zero attached hydrogens (tertiary/aromatic N) is 1. The second-order valence-corrected chi connectivity index (χ2v) is 6.07. The number of likely N-dealkylation sites (tertiary alicyclic amines) is 1. The fraction of sp³-hybridized carbons (Fsp3) is 0.929. The third-order valence-corrected chi connectivity index (χ3v) is 4.55. The molecule has 0 aromatic rings. The zero-order valence-corrected chi connectivity index (χ0v) is 11.1. The molecule has 2 rings (SSSR count). The van der Waals surface area contributed by atoms with E-state index in [1.807, 2.05) is 4.90 Å². The summed E-state index contributed by atoms with van der Waals surface area (Å²) >= 11 is 0. The summed E-state index contributed by atoms with van der Waals surface area (Å²) in [6.07, 6.45) is 4.43. The lowest BCUT2D eigenvalue weighted by Gasteiger charge is -2.35. The zero-order chi connectivity index (χ0) is 12.4. The van der Waals surface area contributed by atoms with E-state index < -0.39 is 0 Å². The largest absolute Gasteiger partial charge is 0.393 e. The van der Waals surface area contributed by atoms with Gasteiger partial charge in [-0.25, -0.2) is 0 Å². The van der Waals surface area contributed by atoms with E-state index in [9.17, 15) is 9.90 Å². The first-order valence-electron chi connectivity index (χ1n) is 7.04. The minimum absolute atomic E-state index is 0.0978. The molecular formula is C14H25NO2. The van der Waals surface area contributed by atoms with Crippen LogP contribution < -0.4 is 0 Å². The van der Waals surface area contributed by atoms with Crippen molar-refractivity contribution >= 4 is 5.91 Å². The Kier molecular flexibility index (Phi) is 4.08. The molecule has 17 heavy (non-hydrogen) atoms. The van der Waals surface area contributed by atoms with Crippen molar-refractivity contribution in [3.8, 4) is 0 Å². The Bertz CT molecular complexity index is 269. The Morgan fingerprint density at radius 3 is 2.29 bits per heavy atom. The minimum Gasteiger partial charge on any atom is -0.393 e. The third-order valence-electron chi connectivity index (χ3n) is 4.55. The highest BCUT2D eigenvalue weighted by atomic mass is 16.3. The molecule has 2 aliphatic rings. The molecule has 98 valence electrons. The van der Waals surface area contributed by atoms with Gasteiger partial charge in [0, 0.05) is 19.0 Å². The minimum atomic E-state index is -0.239. The molecule has 2 atom stereocenters. The molecule has 1 saturated heterocycles. The fourth-order valence-electron chi connectivity index (χ4n) is 3.23. The Balaban J connectivity index is 1.82. The first-order chi connectivity index (χ1) is 8.08. The first-order valence-corrected chi connectivity index (χ1v) is 7.04. The molecule has 1 N–H and O–H groups in total. The molecule has 1 heterocycles. The monoisotopic (exact) mass is 239 g/mol. The lowest BCUT2D eigenvalue weighted by atomic mass is 9.86. The van der Waals surface area contributed by atoms with Crippen LogP contribution in [0.25, 0.3) is 0 Å². The van der Waals surface area contributed by atoms with E-state index in [0.717, 1.165) is 50.6 Å². The number of carbonyl (C=O) groups excluding carboxylic acids is 1. The van der Waals surface area contributed by atoms with Crippen LogP contribution in [0.15, 0.2) is 0 Å². The molecule has 0 radical (unpaired) electrons. The molecule has 0 aromatic heterocycles. The van der Waals surface area contributed by atoms with Crippen molar-refractivity contribution in [1.82, 2.24) is 4.90 Å². The van der Waals surface area contributed by atoms with Gasteiger partial charge in [-0.2, -0.15) is 0 Å². The third kappa shape index (κ3) is 3.01. The van der Waals surface area contributed by atoms with Gasteiger partial charge < -0.3 is 10.0 Å². The Morgan fingerprint density at radius 1 is 1.18 bits per heavy atom. The first kappa shape index (κ1) is 12.9. The maximum Gasteiger partial charge on any atom is 0.225 e. The molecule has 3 heteroatoms. The fourth-order valence-corrected chi connectivity index (χ4v) is 3.23. The topological polar surface area (TPSA) is 40.5 Å². The van der Waals surface area contributed by atoms with E-state index in [0.29, 0.717) is 12.3 Å². The Morgan fingerprint density at radius 2 is 1.82 bits per heavy atom. The van der Waals surface area contributed by atoms with Crippen molar-refractivity contribution in [1.29, 1.82) is 0 Å². The van der Waals surface area contributed by atoms with Gasteiger partial charge in [-0.05, 0) is 43.9 Å². The molecule has 2 fully saturated rings. The van der Waals surface area contributed by atoms with Gasteiger partial charge in [0.2, 0.25) is 5.91 Å². The highest BCUT2D eigenvalue weighted by Gasteiger charge is 2.33. The highest BCUT2D eigenvalue weighted by molar-refractivity contribution is 5.79. The molecule has 0 bridgehead atoms. The maximum absolute atomic E-state index is 12.2. The summed E-state index contributed by atoms with van der Waals surface area (Å²) in [5.74, 6) is 1.91. The Labute approximate surface area is 104 Å². The maximum atomic E-state index is 12.2. The van der Waals surface area contributed by atoms with E-state index in [4.69, 9.17) is 0 Å². The molecule has 0 unspecified atom stereocenters. The van der Waals surface area contributed by atoms with E-state index in [2.05, 4.69) is 13.8 Å². The van der Waals surface area contributed by atoms with E-state index >= 15 is 0 Å². The summed E-state index contributed by atoms with van der Waals surface area (Å²) in [7, 11) is 0. The summed E-state index contributed by atoms with van der Waals surface area (Å²) in [5.41, 5.74) is 0. The van der Waals surface area contributed by atoms with Crippen LogP contribution in [0, 0.1) is 17.8 Å². The van der Waals surface area contributed by atoms with Crippen molar-refractivity contribution in [2.24, 2.45) is 17.8 Å². The number of aliphatic hydroxyl groups is 1. The second kappa shape index (κ2) is 5.38. The predicted molar refractivity (Wildman–Crippen MR) is 67.5 cm³/mol. The quantitative estimate of drug-likeness (QED) is 0.801. The van der Waals surface area contributed by atoms with Gasteiger partial charge in [0.15, 0.2) is 0 Å². The van der Waals surface area contributed by atoms with Gasteiger partial charge in [0.1, 0.15) is 0 Å². The van der Waals surface area contributed by atoms with Crippen molar-refractivity contribution < 1.29 is 9.90 Å². The average Bonchev–Trinajstić information content (AvgIpc) is 2.75. The van der Waals surface area contributed by atoms with E-state index in [1.54, 1.807) is 0 Å². The van der Waals surface area contributed by atoms with Crippen LogP contribution in [0.3, 0.4) is 0 Å². The van der Waals surface area contributed by atoms with Gasteiger partial charge in [0.05, 0.1) is 6.10 Å². The second-order valence-electron chi connectivity index (χ2n) is 6.07. The molecule has 3 nitrogen and oxygen atoms in total. The van der Waals surface area contributed by atoms with Crippen LogP contribution in [0.1, 0.15) is 46.0 Å². The lowest BCUT2D eigenvalue weighted by Crippen LogP contribution is -2.42. The van der Waals surface area contributed by atoms with Crippen LogP contribution >= 0.6 is 0 Å². The van der Waals surface area contributed by atoms with Crippen molar-refractivity contribution in [2.75, 3.05) is 13.1 Å². The van der Waals surface area contributed by atoms with Crippen LogP contribution in [-0.2, 0) is 4.79 Å². The molecule has 1 aliphatic carbocycles. The standard InChI is InChI=1S/C14H25NO2/c1-10(2)11-5-7-15(8-6-11)14(17)12-3-4-13(16)9-12/h10-13,16H,3-9H2,1-2H3/t12-,13-/m1/s1. The molecule has 0 aromatic carbocycles. The molecule has 1 saturated carbocycles. The highest BCUT2D eigenvalue weighted by Crippen LogP contribution is 2.30. The average molecular weight is 239 g/mol. The molecule has 0 spiro atoms. The van der Waals surface area contributed by atoms with Gasteiger partial charge in [-0.15, -0.1) is 0 Å². The zero-order valence-electron chi connectivity index (χ0n) is 11.1. The van der Waals surface area contributed by atoms with E-state index in [1.165, 1.54) is 0 Å². The number of rotatable bonds is 2. The van der Waals surface area contributed by atoms with E-state index in [-0.39, 0.29) is 12.0 Å². The number of aliphatic hydroxyl groups excluding tert-OH is 1. The van der Waals surface area contributed by atoms with Crippen molar-refractivity contribution in [3.63, 3.8) is 0 Å². The number of hydrogen-bond acceptors (Lipinski definition) is 2. The smallest absolute Gasteiger partial charge is 0.225 e. The number of carbonyl (C=O) groups is 1. The normalized spacial score (nSPS) is 31.2. The van der Waals surface area contributed by atoms with Gasteiger partial charge >= 0.3 is 0 Å². The van der Waals surface area contributed by atoms with Crippen LogP contribution in [0.5, 0.6) is 0 Å². The predicted octanol–water partition coefficient (Wildman–Crippen LogP) is 2.04. The number of hydrogen-bond donors (Lipinski definition) is 1. The molecule has 1 aliphatic heterocycles. The van der Waals surface area contributed by atoms with Gasteiger partial charge in [0.25, 0.3) is 0 Å².